The highest BCUT2D eigenvalue weighted by Gasteiger charge is 2.32. The van der Waals surface area contributed by atoms with Crippen molar-refractivity contribution in [3.8, 4) is 23.0 Å². The van der Waals surface area contributed by atoms with Gasteiger partial charge < -0.3 is 9.47 Å². The Kier molecular flexibility index (Phi) is 5.44. The summed E-state index contributed by atoms with van der Waals surface area (Å²) >= 11 is 0. The second kappa shape index (κ2) is 7.58. The van der Waals surface area contributed by atoms with Crippen LogP contribution in [0.3, 0.4) is 0 Å². The van der Waals surface area contributed by atoms with Crippen molar-refractivity contribution < 1.29 is 26.3 Å². The highest BCUT2D eigenvalue weighted by atomic mass is 19.4. The molecule has 0 aliphatic carbocycles. The number of anilines is 1. The number of nitrogens with zero attached hydrogens (tertiary/aromatic N) is 6. The molecule has 160 valence electrons. The standard InChI is InChI=1S/C18H16F6N6/c1-10-4-5-13(29(2)9-17(19,20)21)26-14(10)16-28-27-15(30(16)3)12-8-11(6-7-25-12)18(22,23)24/h4-8H,9H2,1-3H3. The van der Waals surface area contributed by atoms with Crippen molar-refractivity contribution in [2.75, 3.05) is 18.5 Å². The number of alkyl halides is 6. The molecule has 0 aliphatic heterocycles. The Bertz CT molecular complexity index is 1060. The van der Waals surface area contributed by atoms with Crippen LogP contribution in [-0.4, -0.2) is 44.5 Å². The molecule has 0 radical (unpaired) electrons. The first kappa shape index (κ1) is 21.5. The fraction of sp³-hybridized carbons (Fsp3) is 0.333. The third kappa shape index (κ3) is 4.52. The fourth-order valence-electron chi connectivity index (χ4n) is 2.79. The summed E-state index contributed by atoms with van der Waals surface area (Å²) in [7, 11) is 2.77. The van der Waals surface area contributed by atoms with E-state index >= 15 is 0 Å². The minimum Gasteiger partial charge on any atom is -0.351 e. The van der Waals surface area contributed by atoms with E-state index < -0.39 is 24.5 Å². The third-order valence-corrected chi connectivity index (χ3v) is 4.29. The Morgan fingerprint density at radius 2 is 1.67 bits per heavy atom. The summed E-state index contributed by atoms with van der Waals surface area (Å²) in [6.45, 7) is 0.494. The summed E-state index contributed by atoms with van der Waals surface area (Å²) in [5.74, 6) is 0.310. The van der Waals surface area contributed by atoms with Crippen molar-refractivity contribution in [1.82, 2.24) is 24.7 Å². The Balaban J connectivity index is 2.01. The van der Waals surface area contributed by atoms with Crippen LogP contribution in [0.25, 0.3) is 23.0 Å². The van der Waals surface area contributed by atoms with Gasteiger partial charge in [-0.1, -0.05) is 6.07 Å². The van der Waals surface area contributed by atoms with Gasteiger partial charge >= 0.3 is 12.4 Å². The number of aryl methyl sites for hydroxylation is 1. The minimum atomic E-state index is -4.55. The predicted molar refractivity (Wildman–Crippen MR) is 96.5 cm³/mol. The number of hydrogen-bond acceptors (Lipinski definition) is 5. The molecule has 0 unspecified atom stereocenters. The van der Waals surface area contributed by atoms with Gasteiger partial charge in [-0.25, -0.2) is 4.98 Å². The molecule has 30 heavy (non-hydrogen) atoms. The molecule has 0 bridgehead atoms. The summed E-state index contributed by atoms with van der Waals surface area (Å²) in [6, 6.07) is 4.71. The van der Waals surface area contributed by atoms with Gasteiger partial charge in [0.1, 0.15) is 23.8 Å². The van der Waals surface area contributed by atoms with Gasteiger partial charge in [-0.2, -0.15) is 26.3 Å². The Labute approximate surface area is 167 Å². The highest BCUT2D eigenvalue weighted by molar-refractivity contribution is 5.62. The van der Waals surface area contributed by atoms with Crippen molar-refractivity contribution in [3.63, 3.8) is 0 Å². The van der Waals surface area contributed by atoms with E-state index in [9.17, 15) is 26.3 Å². The van der Waals surface area contributed by atoms with Gasteiger partial charge in [-0.15, -0.1) is 10.2 Å². The first-order valence-corrected chi connectivity index (χ1v) is 8.56. The molecule has 3 aromatic heterocycles. The van der Waals surface area contributed by atoms with E-state index in [0.717, 1.165) is 23.2 Å². The maximum absolute atomic E-state index is 13.0. The number of hydrogen-bond donors (Lipinski definition) is 0. The van der Waals surface area contributed by atoms with Crippen LogP contribution < -0.4 is 4.90 Å². The smallest absolute Gasteiger partial charge is 0.351 e. The van der Waals surface area contributed by atoms with Crippen LogP contribution in [0.1, 0.15) is 11.1 Å². The number of rotatable bonds is 4. The zero-order valence-electron chi connectivity index (χ0n) is 16.0. The molecule has 3 heterocycles. The molecule has 0 atom stereocenters. The van der Waals surface area contributed by atoms with Crippen LogP contribution >= 0.6 is 0 Å². The zero-order valence-corrected chi connectivity index (χ0v) is 16.0. The molecule has 0 N–H and O–H groups in total. The maximum Gasteiger partial charge on any atom is 0.416 e. The first-order valence-electron chi connectivity index (χ1n) is 8.56. The van der Waals surface area contributed by atoms with Crippen LogP contribution in [-0.2, 0) is 13.2 Å². The molecular weight excluding hydrogens is 414 g/mol. The summed E-state index contributed by atoms with van der Waals surface area (Å²) < 4.78 is 78.4. The van der Waals surface area contributed by atoms with Crippen LogP contribution in [0.15, 0.2) is 30.5 Å². The number of aromatic nitrogens is 5. The second-order valence-corrected chi connectivity index (χ2v) is 6.64. The van der Waals surface area contributed by atoms with E-state index in [1.54, 1.807) is 13.0 Å². The molecule has 3 aromatic rings. The van der Waals surface area contributed by atoms with Crippen LogP contribution in [0, 0.1) is 6.92 Å². The lowest BCUT2D eigenvalue weighted by Crippen LogP contribution is -2.31. The van der Waals surface area contributed by atoms with E-state index in [4.69, 9.17) is 0 Å². The van der Waals surface area contributed by atoms with E-state index in [0.29, 0.717) is 5.56 Å². The average molecular weight is 430 g/mol. The maximum atomic E-state index is 13.0. The molecule has 12 heteroatoms. The van der Waals surface area contributed by atoms with Crippen molar-refractivity contribution in [1.29, 1.82) is 0 Å². The lowest BCUT2D eigenvalue weighted by Gasteiger charge is -2.20. The quantitative estimate of drug-likeness (QED) is 0.579. The van der Waals surface area contributed by atoms with Crippen molar-refractivity contribution in [2.24, 2.45) is 7.05 Å². The number of halogens is 6. The van der Waals surface area contributed by atoms with Gasteiger partial charge in [0.2, 0.25) is 0 Å². The minimum absolute atomic E-state index is 0.0472. The van der Waals surface area contributed by atoms with Crippen molar-refractivity contribution in [2.45, 2.75) is 19.3 Å². The molecule has 6 nitrogen and oxygen atoms in total. The summed E-state index contributed by atoms with van der Waals surface area (Å²) in [4.78, 5) is 9.12. The molecule has 0 spiro atoms. The largest absolute Gasteiger partial charge is 0.416 e. The van der Waals surface area contributed by atoms with Gasteiger partial charge in [-0.05, 0) is 30.7 Å². The lowest BCUT2D eigenvalue weighted by molar-refractivity contribution is -0.137. The topological polar surface area (TPSA) is 59.7 Å². The van der Waals surface area contributed by atoms with Gasteiger partial charge in [-0.3, -0.25) is 4.98 Å². The summed E-state index contributed by atoms with van der Waals surface area (Å²) in [5.41, 5.74) is -0.0656. The molecule has 3 rings (SSSR count). The Morgan fingerprint density at radius 3 is 2.30 bits per heavy atom. The molecule has 0 saturated carbocycles. The monoisotopic (exact) mass is 430 g/mol. The Hall–Kier alpha value is -3.18. The molecule has 0 saturated heterocycles. The molecular formula is C18H16F6N6. The van der Waals surface area contributed by atoms with E-state index in [2.05, 4.69) is 20.2 Å². The molecule has 0 aromatic carbocycles. The van der Waals surface area contributed by atoms with Crippen molar-refractivity contribution >= 4 is 5.82 Å². The molecule has 0 amide bonds. The van der Waals surface area contributed by atoms with Crippen LogP contribution in [0.4, 0.5) is 32.2 Å². The van der Waals surface area contributed by atoms with Gasteiger partial charge in [0.05, 0.1) is 5.56 Å². The number of pyridine rings is 2. The van der Waals surface area contributed by atoms with Gasteiger partial charge in [0.15, 0.2) is 11.6 Å². The first-order chi connectivity index (χ1) is 13.9. The third-order valence-electron chi connectivity index (χ3n) is 4.29. The average Bonchev–Trinajstić information content (AvgIpc) is 3.01. The van der Waals surface area contributed by atoms with E-state index in [1.165, 1.54) is 24.7 Å². The van der Waals surface area contributed by atoms with Crippen LogP contribution in [0.5, 0.6) is 0 Å². The van der Waals surface area contributed by atoms with E-state index in [1.807, 2.05) is 0 Å². The SMILES string of the molecule is Cc1ccc(N(C)CC(F)(F)F)nc1-c1nnc(-c2cc(C(F)(F)F)ccn2)n1C. The lowest BCUT2D eigenvalue weighted by atomic mass is 10.2. The highest BCUT2D eigenvalue weighted by Crippen LogP contribution is 2.32. The summed E-state index contributed by atoms with van der Waals surface area (Å²) in [5, 5.41) is 7.89. The molecule has 0 fully saturated rings. The molecule has 0 aliphatic rings. The van der Waals surface area contributed by atoms with Crippen molar-refractivity contribution in [3.05, 3.63) is 41.6 Å². The van der Waals surface area contributed by atoms with E-state index in [-0.39, 0.29) is 28.9 Å². The second-order valence-electron chi connectivity index (χ2n) is 6.64. The fourth-order valence-corrected chi connectivity index (χ4v) is 2.79. The predicted octanol–water partition coefficient (Wildman–Crippen LogP) is 4.26. The van der Waals surface area contributed by atoms with Gasteiger partial charge in [0.25, 0.3) is 0 Å². The zero-order chi connectivity index (χ0) is 22.3. The summed E-state index contributed by atoms with van der Waals surface area (Å²) in [6.07, 6.45) is -7.94. The Morgan fingerprint density at radius 1 is 1.00 bits per heavy atom. The van der Waals surface area contributed by atoms with Gasteiger partial charge in [0, 0.05) is 20.3 Å². The normalized spacial score (nSPS) is 12.3. The van der Waals surface area contributed by atoms with Crippen LogP contribution in [0.2, 0.25) is 0 Å².